The van der Waals surface area contributed by atoms with Crippen molar-refractivity contribution in [2.24, 2.45) is 0 Å². The van der Waals surface area contributed by atoms with Crippen LogP contribution in [0, 0.1) is 5.41 Å². The molecule has 0 aliphatic heterocycles. The van der Waals surface area contributed by atoms with Gasteiger partial charge in [0.1, 0.15) is 18.7 Å². The van der Waals surface area contributed by atoms with Crippen molar-refractivity contribution in [1.82, 2.24) is 10.2 Å². The zero-order chi connectivity index (χ0) is 22.2. The van der Waals surface area contributed by atoms with Gasteiger partial charge in [-0.25, -0.2) is 0 Å². The summed E-state index contributed by atoms with van der Waals surface area (Å²) >= 11 is 0. The third kappa shape index (κ3) is 26.2. The van der Waals surface area contributed by atoms with Gasteiger partial charge >= 0.3 is 0 Å². The number of aldehydes is 1. The molecule has 1 amide bonds. The summed E-state index contributed by atoms with van der Waals surface area (Å²) < 4.78 is 10.3. The van der Waals surface area contributed by atoms with Crippen molar-refractivity contribution >= 4 is 23.8 Å². The highest BCUT2D eigenvalue weighted by atomic mass is 16.5. The van der Waals surface area contributed by atoms with Crippen LogP contribution in [0.15, 0.2) is 12.2 Å². The molecule has 2 N–H and O–H groups in total. The van der Waals surface area contributed by atoms with Gasteiger partial charge in [0.2, 0.25) is 5.91 Å². The number of ether oxygens (including phenoxy) is 2. The highest BCUT2D eigenvalue weighted by Gasteiger charge is 2.05. The summed E-state index contributed by atoms with van der Waals surface area (Å²) in [4.78, 5) is 33.9. The van der Waals surface area contributed by atoms with E-state index in [1.165, 1.54) is 25.5 Å². The average Bonchev–Trinajstić information content (AvgIpc) is 2.68. The summed E-state index contributed by atoms with van der Waals surface area (Å²) in [5, 5.41) is 10.3. The van der Waals surface area contributed by atoms with Gasteiger partial charge in [0.15, 0.2) is 5.78 Å². The fraction of sp³-hybridized carbons (Fsp3) is 0.700. The zero-order valence-corrected chi connectivity index (χ0v) is 18.4. The Morgan fingerprint density at radius 2 is 1.68 bits per heavy atom. The molecule has 0 aromatic rings. The van der Waals surface area contributed by atoms with Crippen molar-refractivity contribution in [2.45, 2.75) is 47.5 Å². The molecule has 164 valence electrons. The molecule has 28 heavy (non-hydrogen) atoms. The van der Waals surface area contributed by atoms with Gasteiger partial charge in [-0.1, -0.05) is 34.1 Å². The largest absolute Gasteiger partial charge is 0.377 e. The second-order valence-corrected chi connectivity index (χ2v) is 5.48. The molecule has 8 nitrogen and oxygen atoms in total. The summed E-state index contributed by atoms with van der Waals surface area (Å²) in [7, 11) is 1.68. The van der Waals surface area contributed by atoms with Crippen molar-refractivity contribution in [2.75, 3.05) is 46.6 Å². The van der Waals surface area contributed by atoms with E-state index in [2.05, 4.69) is 19.2 Å². The number of likely N-dealkylation sites (N-methyl/N-ethyl adjacent to an activating group) is 1. The predicted octanol–water partition coefficient (Wildman–Crippen LogP) is 2.22. The Hall–Kier alpha value is -2.06. The number of nitrogens with one attached hydrogen (secondary N) is 2. The van der Waals surface area contributed by atoms with E-state index in [1.54, 1.807) is 11.9 Å². The summed E-state index contributed by atoms with van der Waals surface area (Å²) in [6.45, 7) is 11.6. The molecule has 0 fully saturated rings. The quantitative estimate of drug-likeness (QED) is 0.161. The van der Waals surface area contributed by atoms with E-state index in [4.69, 9.17) is 14.9 Å². The SMILES string of the molecule is CC.CC(=O)COCCOCCNC(=O)CCN(C)C(=N)/C=C\C=O.CCC. The van der Waals surface area contributed by atoms with Crippen LogP contribution in [0.5, 0.6) is 0 Å². The lowest BCUT2D eigenvalue weighted by Gasteiger charge is -2.17. The first-order valence-electron chi connectivity index (χ1n) is 9.72. The van der Waals surface area contributed by atoms with Gasteiger partial charge in [0, 0.05) is 26.6 Å². The van der Waals surface area contributed by atoms with E-state index in [1.807, 2.05) is 13.8 Å². The number of amidine groups is 1. The minimum Gasteiger partial charge on any atom is -0.377 e. The van der Waals surface area contributed by atoms with E-state index in [0.717, 1.165) is 0 Å². The summed E-state index contributed by atoms with van der Waals surface area (Å²) in [6, 6.07) is 0. The Morgan fingerprint density at radius 3 is 2.21 bits per heavy atom. The van der Waals surface area contributed by atoms with Crippen molar-refractivity contribution < 1.29 is 23.9 Å². The Kier molecular flexibility index (Phi) is 27.3. The van der Waals surface area contributed by atoms with Gasteiger partial charge in [-0.2, -0.15) is 0 Å². The van der Waals surface area contributed by atoms with Crippen molar-refractivity contribution in [1.29, 1.82) is 5.41 Å². The average molecular weight is 402 g/mol. The third-order valence-electron chi connectivity index (χ3n) is 2.66. The van der Waals surface area contributed by atoms with E-state index in [-0.39, 0.29) is 30.6 Å². The lowest BCUT2D eigenvalue weighted by molar-refractivity contribution is -0.123. The van der Waals surface area contributed by atoms with Gasteiger partial charge in [0.05, 0.1) is 19.8 Å². The molecule has 0 atom stereocenters. The number of rotatable bonds is 13. The molecule has 0 bridgehead atoms. The molecule has 0 aromatic heterocycles. The molecule has 0 saturated heterocycles. The molecular weight excluding hydrogens is 362 g/mol. The van der Waals surface area contributed by atoms with Crippen LogP contribution in [-0.2, 0) is 23.9 Å². The van der Waals surface area contributed by atoms with Gasteiger partial charge in [-0.05, 0) is 19.1 Å². The van der Waals surface area contributed by atoms with Crippen LogP contribution in [0.25, 0.3) is 0 Å². The van der Waals surface area contributed by atoms with Crippen LogP contribution in [0.2, 0.25) is 0 Å². The first-order chi connectivity index (χ1) is 13.4. The first-order valence-corrected chi connectivity index (χ1v) is 9.72. The molecule has 8 heteroatoms. The number of Topliss-reactive ketones (excluding diaryl/α,β-unsaturated/α-hetero) is 1. The Morgan fingerprint density at radius 1 is 1.11 bits per heavy atom. The third-order valence-corrected chi connectivity index (χ3v) is 2.66. The highest BCUT2D eigenvalue weighted by molar-refractivity contribution is 5.93. The Balaban J connectivity index is -0.00000113. The summed E-state index contributed by atoms with van der Waals surface area (Å²) in [5.41, 5.74) is 0. The van der Waals surface area contributed by atoms with E-state index in [9.17, 15) is 14.4 Å². The maximum atomic E-state index is 11.6. The number of hydrogen-bond acceptors (Lipinski definition) is 6. The van der Waals surface area contributed by atoms with Crippen LogP contribution in [0.4, 0.5) is 0 Å². The maximum absolute atomic E-state index is 11.6. The Labute approximate surface area is 170 Å². The number of allylic oxidation sites excluding steroid dienone is 1. The number of nitrogens with zero attached hydrogens (tertiary/aromatic N) is 1. The van der Waals surface area contributed by atoms with E-state index in [0.29, 0.717) is 39.2 Å². The summed E-state index contributed by atoms with van der Waals surface area (Å²) in [6.07, 6.45) is 4.69. The van der Waals surface area contributed by atoms with Crippen molar-refractivity contribution in [3.63, 3.8) is 0 Å². The first kappa shape index (κ1) is 30.7. The standard InChI is InChI=1S/C15H25N3O5.C3H8.C2H6/c1-13(20)12-23-11-10-22-9-6-17-15(21)5-7-18(2)14(16)4-3-8-19;1-3-2;1-2/h3-4,8,16H,5-7,9-12H2,1-2H3,(H,17,21);3H2,1-2H3;1-2H3/b4-3-,16-14?;;. The predicted molar refractivity (Wildman–Crippen MR) is 113 cm³/mol. The van der Waals surface area contributed by atoms with Crippen molar-refractivity contribution in [3.05, 3.63) is 12.2 Å². The fourth-order valence-electron chi connectivity index (χ4n) is 1.43. The molecule has 0 rings (SSSR count). The number of carbonyl (C=O) groups excluding carboxylic acids is 3. The molecule has 0 spiro atoms. The molecule has 0 radical (unpaired) electrons. The van der Waals surface area contributed by atoms with Crippen LogP contribution in [-0.4, -0.2) is 75.3 Å². The maximum Gasteiger partial charge on any atom is 0.221 e. The van der Waals surface area contributed by atoms with Crippen LogP contribution in [0.1, 0.15) is 47.5 Å². The monoisotopic (exact) mass is 401 g/mol. The lowest BCUT2D eigenvalue weighted by atomic mass is 10.3. The lowest BCUT2D eigenvalue weighted by Crippen LogP contribution is -2.32. The molecule has 0 saturated carbocycles. The molecule has 0 aliphatic rings. The minimum absolute atomic E-state index is 0.0306. The van der Waals surface area contributed by atoms with Crippen molar-refractivity contribution in [3.8, 4) is 0 Å². The fourth-order valence-corrected chi connectivity index (χ4v) is 1.43. The molecule has 0 aromatic carbocycles. The zero-order valence-electron chi connectivity index (χ0n) is 18.4. The van der Waals surface area contributed by atoms with Gasteiger partial charge in [0.25, 0.3) is 0 Å². The van der Waals surface area contributed by atoms with E-state index < -0.39 is 0 Å². The molecule has 0 aliphatic carbocycles. The number of hydrogen-bond donors (Lipinski definition) is 2. The van der Waals surface area contributed by atoms with Crippen LogP contribution in [0.3, 0.4) is 0 Å². The highest BCUT2D eigenvalue weighted by Crippen LogP contribution is 1.91. The smallest absolute Gasteiger partial charge is 0.221 e. The number of ketones is 1. The second kappa shape index (κ2) is 24.9. The molecule has 0 heterocycles. The topological polar surface area (TPSA) is 109 Å². The van der Waals surface area contributed by atoms with Crippen LogP contribution < -0.4 is 5.32 Å². The number of carbonyl (C=O) groups is 3. The van der Waals surface area contributed by atoms with Crippen LogP contribution >= 0.6 is 0 Å². The second-order valence-electron chi connectivity index (χ2n) is 5.48. The summed E-state index contributed by atoms with van der Waals surface area (Å²) in [5.74, 6) is -0.00352. The molecular formula is C20H39N3O5. The van der Waals surface area contributed by atoms with Gasteiger partial charge in [-0.15, -0.1) is 0 Å². The normalized spacial score (nSPS) is 9.50. The van der Waals surface area contributed by atoms with Gasteiger partial charge < -0.3 is 19.7 Å². The Bertz CT molecular complexity index is 440. The molecule has 0 unspecified atom stereocenters. The van der Waals surface area contributed by atoms with Gasteiger partial charge in [-0.3, -0.25) is 19.8 Å². The number of amides is 1. The van der Waals surface area contributed by atoms with E-state index >= 15 is 0 Å². The minimum atomic E-state index is -0.138.